The molecule has 0 aromatic rings. The van der Waals surface area contributed by atoms with Crippen LogP contribution in [0.3, 0.4) is 0 Å². The zero-order valence-corrected chi connectivity index (χ0v) is 9.12. The van der Waals surface area contributed by atoms with Gasteiger partial charge in [-0.15, -0.1) is 0 Å². The molecule has 0 aromatic heterocycles. The largest absolute Gasteiger partial charge is 0.388 e. The Labute approximate surface area is 85.9 Å². The maximum absolute atomic E-state index is 7.21. The molecular formula is C10H21N3O. The summed E-state index contributed by atoms with van der Waals surface area (Å²) in [5, 5.41) is 7.21. The SMILES string of the molecule is COCC(C)N(CCC(=N)N)C1CC1. The highest BCUT2D eigenvalue weighted by Crippen LogP contribution is 2.28. The minimum atomic E-state index is 0.278. The minimum absolute atomic E-state index is 0.278. The zero-order valence-electron chi connectivity index (χ0n) is 9.12. The maximum Gasteiger partial charge on any atom is 0.0918 e. The Kier molecular flexibility index (Phi) is 4.35. The summed E-state index contributed by atoms with van der Waals surface area (Å²) >= 11 is 0. The Morgan fingerprint density at radius 2 is 2.29 bits per heavy atom. The van der Waals surface area contributed by atoms with E-state index in [0.717, 1.165) is 13.2 Å². The lowest BCUT2D eigenvalue weighted by molar-refractivity contribution is 0.0959. The van der Waals surface area contributed by atoms with Crippen LogP contribution in [-0.4, -0.2) is 43.1 Å². The summed E-state index contributed by atoms with van der Waals surface area (Å²) in [6.07, 6.45) is 3.24. The van der Waals surface area contributed by atoms with Crippen molar-refractivity contribution in [2.45, 2.75) is 38.3 Å². The Bertz CT molecular complexity index is 192. The van der Waals surface area contributed by atoms with Crippen molar-refractivity contribution in [3.63, 3.8) is 0 Å². The topological polar surface area (TPSA) is 62.3 Å². The van der Waals surface area contributed by atoms with Gasteiger partial charge in [-0.2, -0.15) is 0 Å². The van der Waals surface area contributed by atoms with Gasteiger partial charge in [0, 0.05) is 32.2 Å². The highest BCUT2D eigenvalue weighted by Gasteiger charge is 2.31. The summed E-state index contributed by atoms with van der Waals surface area (Å²) in [5.74, 6) is 0.278. The first-order valence-electron chi connectivity index (χ1n) is 5.22. The molecule has 3 N–H and O–H groups in total. The summed E-state index contributed by atoms with van der Waals surface area (Å²) < 4.78 is 5.14. The van der Waals surface area contributed by atoms with Gasteiger partial charge in [-0.1, -0.05) is 0 Å². The zero-order chi connectivity index (χ0) is 10.6. The first-order chi connectivity index (χ1) is 6.65. The van der Waals surface area contributed by atoms with E-state index in [1.165, 1.54) is 12.8 Å². The van der Waals surface area contributed by atoms with E-state index in [4.69, 9.17) is 15.9 Å². The van der Waals surface area contributed by atoms with Crippen molar-refractivity contribution in [1.29, 1.82) is 5.41 Å². The van der Waals surface area contributed by atoms with Gasteiger partial charge >= 0.3 is 0 Å². The molecule has 0 aromatic carbocycles. The molecule has 0 aliphatic heterocycles. The molecule has 0 heterocycles. The molecule has 0 bridgehead atoms. The number of methoxy groups -OCH3 is 1. The van der Waals surface area contributed by atoms with Gasteiger partial charge in [-0.3, -0.25) is 10.3 Å². The molecule has 82 valence electrons. The van der Waals surface area contributed by atoms with Crippen molar-refractivity contribution in [2.24, 2.45) is 5.73 Å². The number of nitrogens with one attached hydrogen (secondary N) is 1. The van der Waals surface area contributed by atoms with Crippen LogP contribution in [0.15, 0.2) is 0 Å². The second kappa shape index (κ2) is 5.32. The molecule has 0 amide bonds. The molecule has 1 fully saturated rings. The van der Waals surface area contributed by atoms with Crippen molar-refractivity contribution >= 4 is 5.84 Å². The molecule has 1 saturated carbocycles. The number of nitrogens with zero attached hydrogens (tertiary/aromatic N) is 1. The van der Waals surface area contributed by atoms with Crippen molar-refractivity contribution < 1.29 is 4.74 Å². The lowest BCUT2D eigenvalue weighted by Gasteiger charge is -2.28. The van der Waals surface area contributed by atoms with Crippen LogP contribution >= 0.6 is 0 Å². The normalized spacial score (nSPS) is 18.5. The van der Waals surface area contributed by atoms with Gasteiger partial charge < -0.3 is 10.5 Å². The first-order valence-corrected chi connectivity index (χ1v) is 5.22. The standard InChI is InChI=1S/C10H21N3O/c1-8(7-14-2)13(9-3-4-9)6-5-10(11)12/h8-9H,3-7H2,1-2H3,(H3,11,12). The van der Waals surface area contributed by atoms with E-state index < -0.39 is 0 Å². The van der Waals surface area contributed by atoms with Gasteiger partial charge in [0.15, 0.2) is 0 Å². The van der Waals surface area contributed by atoms with E-state index in [0.29, 0.717) is 18.5 Å². The predicted molar refractivity (Wildman–Crippen MR) is 57.6 cm³/mol. The lowest BCUT2D eigenvalue weighted by atomic mass is 10.2. The van der Waals surface area contributed by atoms with Crippen molar-refractivity contribution in [2.75, 3.05) is 20.3 Å². The maximum atomic E-state index is 7.21. The van der Waals surface area contributed by atoms with Crippen LogP contribution in [0.1, 0.15) is 26.2 Å². The second-order valence-electron chi connectivity index (χ2n) is 4.05. The fourth-order valence-electron chi connectivity index (χ4n) is 1.76. The number of ether oxygens (including phenoxy) is 1. The van der Waals surface area contributed by atoms with Crippen LogP contribution in [0.4, 0.5) is 0 Å². The van der Waals surface area contributed by atoms with Gasteiger partial charge in [0.2, 0.25) is 0 Å². The Morgan fingerprint density at radius 1 is 1.64 bits per heavy atom. The number of rotatable bonds is 7. The highest BCUT2D eigenvalue weighted by atomic mass is 16.5. The summed E-state index contributed by atoms with van der Waals surface area (Å²) in [5.41, 5.74) is 5.36. The van der Waals surface area contributed by atoms with E-state index in [1.54, 1.807) is 7.11 Å². The first kappa shape index (κ1) is 11.5. The van der Waals surface area contributed by atoms with Crippen LogP contribution in [0.5, 0.6) is 0 Å². The predicted octanol–water partition coefficient (Wildman–Crippen LogP) is 0.812. The van der Waals surface area contributed by atoms with Crippen LogP contribution in [0, 0.1) is 5.41 Å². The van der Waals surface area contributed by atoms with Gasteiger partial charge in [0.1, 0.15) is 0 Å². The lowest BCUT2D eigenvalue weighted by Crippen LogP contribution is -2.39. The number of amidine groups is 1. The van der Waals surface area contributed by atoms with E-state index in [9.17, 15) is 0 Å². The molecule has 14 heavy (non-hydrogen) atoms. The molecule has 4 nitrogen and oxygen atoms in total. The minimum Gasteiger partial charge on any atom is -0.388 e. The highest BCUT2D eigenvalue weighted by molar-refractivity contribution is 5.76. The molecule has 0 saturated heterocycles. The molecule has 1 aliphatic carbocycles. The van der Waals surface area contributed by atoms with Gasteiger partial charge in [0.05, 0.1) is 12.4 Å². The average molecular weight is 199 g/mol. The summed E-state index contributed by atoms with van der Waals surface area (Å²) in [6.45, 7) is 3.82. The summed E-state index contributed by atoms with van der Waals surface area (Å²) in [4.78, 5) is 2.41. The second-order valence-corrected chi connectivity index (χ2v) is 4.05. The molecular weight excluding hydrogens is 178 g/mol. The van der Waals surface area contributed by atoms with E-state index in [1.807, 2.05) is 0 Å². The Balaban J connectivity index is 2.33. The van der Waals surface area contributed by atoms with Crippen molar-refractivity contribution in [3.05, 3.63) is 0 Å². The van der Waals surface area contributed by atoms with Crippen molar-refractivity contribution in [1.82, 2.24) is 4.90 Å². The summed E-state index contributed by atoms with van der Waals surface area (Å²) in [7, 11) is 1.73. The number of hydrogen-bond donors (Lipinski definition) is 2. The molecule has 4 heteroatoms. The Morgan fingerprint density at radius 3 is 2.71 bits per heavy atom. The van der Waals surface area contributed by atoms with Crippen LogP contribution in [-0.2, 0) is 4.74 Å². The smallest absolute Gasteiger partial charge is 0.0918 e. The Hall–Kier alpha value is -0.610. The molecule has 0 spiro atoms. The molecule has 0 radical (unpaired) electrons. The molecule has 1 rings (SSSR count). The number of hydrogen-bond acceptors (Lipinski definition) is 3. The van der Waals surface area contributed by atoms with E-state index >= 15 is 0 Å². The molecule has 1 unspecified atom stereocenters. The van der Waals surface area contributed by atoms with Crippen LogP contribution in [0.25, 0.3) is 0 Å². The third kappa shape index (κ3) is 3.64. The summed E-state index contributed by atoms with van der Waals surface area (Å²) in [6, 6.07) is 1.14. The van der Waals surface area contributed by atoms with Gasteiger partial charge in [-0.25, -0.2) is 0 Å². The van der Waals surface area contributed by atoms with E-state index in [2.05, 4.69) is 11.8 Å². The fraction of sp³-hybridized carbons (Fsp3) is 0.900. The van der Waals surface area contributed by atoms with Crippen LogP contribution < -0.4 is 5.73 Å². The third-order valence-corrected chi connectivity index (χ3v) is 2.63. The fourth-order valence-corrected chi connectivity index (χ4v) is 1.76. The molecule has 1 atom stereocenters. The third-order valence-electron chi connectivity index (χ3n) is 2.63. The van der Waals surface area contributed by atoms with Gasteiger partial charge in [-0.05, 0) is 19.8 Å². The monoisotopic (exact) mass is 199 g/mol. The van der Waals surface area contributed by atoms with Gasteiger partial charge in [0.25, 0.3) is 0 Å². The quantitative estimate of drug-likeness (QED) is 0.471. The van der Waals surface area contributed by atoms with Crippen LogP contribution in [0.2, 0.25) is 0 Å². The van der Waals surface area contributed by atoms with E-state index in [-0.39, 0.29) is 5.84 Å². The van der Waals surface area contributed by atoms with Crippen molar-refractivity contribution in [3.8, 4) is 0 Å². The number of nitrogens with two attached hydrogens (primary N) is 1. The average Bonchev–Trinajstić information content (AvgIpc) is 2.88. The molecule has 1 aliphatic rings.